The maximum absolute atomic E-state index is 9.02. The highest BCUT2D eigenvalue weighted by molar-refractivity contribution is 5.09. The summed E-state index contributed by atoms with van der Waals surface area (Å²) < 4.78 is 5.07. The monoisotopic (exact) mass is 197 g/mol. The van der Waals surface area contributed by atoms with Crippen molar-refractivity contribution in [3.05, 3.63) is 17.5 Å². The van der Waals surface area contributed by atoms with Crippen molar-refractivity contribution in [1.29, 1.82) is 0 Å². The summed E-state index contributed by atoms with van der Waals surface area (Å²) in [4.78, 5) is 7.92. The van der Waals surface area contributed by atoms with Crippen LogP contribution in [0.25, 0.3) is 0 Å². The maximum Gasteiger partial charge on any atom is 0.316 e. The molecule has 2 N–H and O–H groups in total. The fourth-order valence-corrected chi connectivity index (χ4v) is 0.918. The minimum Gasteiger partial charge on any atom is -0.461 e. The number of nitrogens with zero attached hydrogens (tertiary/aromatic N) is 2. The van der Waals surface area contributed by atoms with Crippen LogP contribution in [0.3, 0.4) is 0 Å². The van der Waals surface area contributed by atoms with E-state index in [0.29, 0.717) is 11.4 Å². The molecular formula is C9H13N2O3. The van der Waals surface area contributed by atoms with Crippen molar-refractivity contribution in [2.45, 2.75) is 20.0 Å². The maximum atomic E-state index is 9.02. The Labute approximate surface area is 82.4 Å². The van der Waals surface area contributed by atoms with Crippen molar-refractivity contribution >= 4 is 0 Å². The van der Waals surface area contributed by atoms with Gasteiger partial charge in [-0.1, -0.05) is 0 Å². The van der Waals surface area contributed by atoms with Gasteiger partial charge in [0.15, 0.2) is 0 Å². The van der Waals surface area contributed by atoms with Crippen molar-refractivity contribution in [1.82, 2.24) is 9.97 Å². The number of aliphatic hydroxyl groups excluding tert-OH is 2. The van der Waals surface area contributed by atoms with Crippen molar-refractivity contribution < 1.29 is 14.9 Å². The van der Waals surface area contributed by atoms with E-state index in [2.05, 4.69) is 16.0 Å². The van der Waals surface area contributed by atoms with E-state index in [1.807, 2.05) is 0 Å². The molecule has 0 aliphatic heterocycles. The SMILES string of the molecule is Cc1[c]c(C)nc(OC[C@@H](O)CO)n1. The molecule has 77 valence electrons. The third kappa shape index (κ3) is 3.27. The van der Waals surface area contributed by atoms with Gasteiger partial charge in [0.05, 0.1) is 18.0 Å². The number of hydrogen-bond acceptors (Lipinski definition) is 5. The van der Waals surface area contributed by atoms with E-state index < -0.39 is 6.10 Å². The summed E-state index contributed by atoms with van der Waals surface area (Å²) in [5.41, 5.74) is 1.37. The highest BCUT2D eigenvalue weighted by Crippen LogP contribution is 2.05. The number of ether oxygens (including phenoxy) is 1. The topological polar surface area (TPSA) is 75.5 Å². The molecule has 0 aliphatic carbocycles. The summed E-state index contributed by atoms with van der Waals surface area (Å²) in [6.07, 6.45) is -0.900. The van der Waals surface area contributed by atoms with Gasteiger partial charge in [0, 0.05) is 6.07 Å². The van der Waals surface area contributed by atoms with Gasteiger partial charge in [0.1, 0.15) is 12.7 Å². The second-order valence-corrected chi connectivity index (χ2v) is 2.95. The first-order valence-electron chi connectivity index (χ1n) is 4.28. The Morgan fingerprint density at radius 2 is 1.93 bits per heavy atom. The molecule has 1 aromatic heterocycles. The number of hydrogen-bond donors (Lipinski definition) is 2. The lowest BCUT2D eigenvalue weighted by molar-refractivity contribution is 0.0503. The van der Waals surface area contributed by atoms with Crippen LogP contribution in [0.5, 0.6) is 6.01 Å². The van der Waals surface area contributed by atoms with Crippen LogP contribution in [0.2, 0.25) is 0 Å². The van der Waals surface area contributed by atoms with Gasteiger partial charge in [-0.25, -0.2) is 0 Å². The zero-order chi connectivity index (χ0) is 10.6. The largest absolute Gasteiger partial charge is 0.461 e. The van der Waals surface area contributed by atoms with Crippen molar-refractivity contribution in [3.8, 4) is 6.01 Å². The van der Waals surface area contributed by atoms with Crippen LogP contribution in [0.4, 0.5) is 0 Å². The lowest BCUT2D eigenvalue weighted by Crippen LogP contribution is -2.22. The summed E-state index contributed by atoms with van der Waals surface area (Å²) in [5, 5.41) is 17.6. The van der Waals surface area contributed by atoms with E-state index >= 15 is 0 Å². The average Bonchev–Trinajstić information content (AvgIpc) is 2.12. The van der Waals surface area contributed by atoms with E-state index in [9.17, 15) is 0 Å². The van der Waals surface area contributed by atoms with Crippen LogP contribution in [-0.4, -0.2) is 39.5 Å². The van der Waals surface area contributed by atoms with Crippen LogP contribution in [0, 0.1) is 19.9 Å². The molecule has 0 saturated carbocycles. The minimum absolute atomic E-state index is 0.0145. The first-order chi connectivity index (χ1) is 6.61. The van der Waals surface area contributed by atoms with Gasteiger partial charge in [0.25, 0.3) is 0 Å². The summed E-state index contributed by atoms with van der Waals surface area (Å²) in [5.74, 6) is 0. The number of aliphatic hydroxyl groups is 2. The minimum atomic E-state index is -0.900. The summed E-state index contributed by atoms with van der Waals surface area (Å²) >= 11 is 0. The smallest absolute Gasteiger partial charge is 0.316 e. The Balaban J connectivity index is 2.58. The molecule has 0 spiro atoms. The summed E-state index contributed by atoms with van der Waals surface area (Å²) in [7, 11) is 0. The van der Waals surface area contributed by atoms with Gasteiger partial charge in [0.2, 0.25) is 0 Å². The molecule has 0 unspecified atom stereocenters. The summed E-state index contributed by atoms with van der Waals surface area (Å²) in [6.45, 7) is 3.21. The van der Waals surface area contributed by atoms with Crippen LogP contribution in [0.15, 0.2) is 0 Å². The van der Waals surface area contributed by atoms with E-state index in [4.69, 9.17) is 14.9 Å². The fourth-order valence-electron chi connectivity index (χ4n) is 0.918. The molecule has 0 saturated heterocycles. The molecule has 0 aliphatic rings. The molecule has 1 heterocycles. The van der Waals surface area contributed by atoms with Crippen molar-refractivity contribution in [3.63, 3.8) is 0 Å². The van der Waals surface area contributed by atoms with Crippen LogP contribution in [-0.2, 0) is 0 Å². The lowest BCUT2D eigenvalue weighted by Gasteiger charge is -2.08. The molecule has 1 rings (SSSR count). The molecular weight excluding hydrogens is 184 g/mol. The van der Waals surface area contributed by atoms with Crippen molar-refractivity contribution in [2.24, 2.45) is 0 Å². The van der Waals surface area contributed by atoms with Gasteiger partial charge in [-0.15, -0.1) is 0 Å². The molecule has 5 nitrogen and oxygen atoms in total. The Kier molecular flexibility index (Phi) is 3.79. The molecule has 5 heteroatoms. The molecule has 0 fully saturated rings. The van der Waals surface area contributed by atoms with Gasteiger partial charge in [-0.3, -0.25) is 0 Å². The average molecular weight is 197 g/mol. The highest BCUT2D eigenvalue weighted by Gasteiger charge is 2.05. The van der Waals surface area contributed by atoms with E-state index in [0.717, 1.165) is 0 Å². The van der Waals surface area contributed by atoms with Crippen LogP contribution >= 0.6 is 0 Å². The van der Waals surface area contributed by atoms with Gasteiger partial charge >= 0.3 is 6.01 Å². The van der Waals surface area contributed by atoms with Gasteiger partial charge in [-0.2, -0.15) is 9.97 Å². The third-order valence-electron chi connectivity index (χ3n) is 1.50. The van der Waals surface area contributed by atoms with Crippen LogP contribution in [0.1, 0.15) is 11.4 Å². The zero-order valence-electron chi connectivity index (χ0n) is 8.19. The Hall–Kier alpha value is -1.20. The second-order valence-electron chi connectivity index (χ2n) is 2.95. The number of aromatic nitrogens is 2. The van der Waals surface area contributed by atoms with Gasteiger partial charge < -0.3 is 14.9 Å². The lowest BCUT2D eigenvalue weighted by atomic mass is 10.4. The zero-order valence-corrected chi connectivity index (χ0v) is 8.19. The number of aryl methyl sites for hydroxylation is 2. The Morgan fingerprint density at radius 3 is 2.43 bits per heavy atom. The van der Waals surface area contributed by atoms with E-state index in [1.54, 1.807) is 13.8 Å². The fraction of sp³-hybridized carbons (Fsp3) is 0.556. The third-order valence-corrected chi connectivity index (χ3v) is 1.50. The predicted octanol–water partition coefficient (Wildman–Crippen LogP) is -0.374. The standard InChI is InChI=1S/C9H13N2O3/c1-6-3-7(2)11-9(10-6)14-5-8(13)4-12/h8,12-13H,4-5H2,1-2H3/t8-/m0/s1. The van der Waals surface area contributed by atoms with Gasteiger partial charge in [-0.05, 0) is 13.8 Å². The second kappa shape index (κ2) is 4.88. The molecule has 0 aromatic carbocycles. The van der Waals surface area contributed by atoms with Crippen molar-refractivity contribution in [2.75, 3.05) is 13.2 Å². The molecule has 1 aromatic rings. The quantitative estimate of drug-likeness (QED) is 0.688. The molecule has 0 bridgehead atoms. The van der Waals surface area contributed by atoms with E-state index in [1.165, 1.54) is 0 Å². The summed E-state index contributed by atoms with van der Waals surface area (Å²) in [6, 6.07) is 3.10. The van der Waals surface area contributed by atoms with Crippen LogP contribution < -0.4 is 4.74 Å². The van der Waals surface area contributed by atoms with E-state index in [-0.39, 0.29) is 19.2 Å². The normalized spacial score (nSPS) is 12.6. The number of rotatable bonds is 4. The highest BCUT2D eigenvalue weighted by atomic mass is 16.5. The molecule has 0 amide bonds. The molecule has 1 radical (unpaired) electrons. The molecule has 14 heavy (non-hydrogen) atoms. The first-order valence-corrected chi connectivity index (χ1v) is 4.28. The predicted molar refractivity (Wildman–Crippen MR) is 48.9 cm³/mol. The molecule has 1 atom stereocenters. The Bertz CT molecular complexity index is 284. The Morgan fingerprint density at radius 1 is 1.36 bits per heavy atom. The first kappa shape index (κ1) is 10.9.